The minimum absolute atomic E-state index is 0.147. The third kappa shape index (κ3) is 4.52. The highest BCUT2D eigenvalue weighted by Gasteiger charge is 2.35. The molecule has 2 aliphatic heterocycles. The van der Waals surface area contributed by atoms with Crippen molar-refractivity contribution >= 4 is 33.4 Å². The molecular formula is C23H25N3O5S. The second-order valence-corrected chi connectivity index (χ2v) is 9.45. The highest BCUT2D eigenvalue weighted by atomic mass is 32.2. The van der Waals surface area contributed by atoms with E-state index in [-0.39, 0.29) is 22.7 Å². The number of rotatable bonds is 5. The summed E-state index contributed by atoms with van der Waals surface area (Å²) >= 11 is 0. The summed E-state index contributed by atoms with van der Waals surface area (Å²) in [4.78, 5) is 26.9. The lowest BCUT2D eigenvalue weighted by molar-refractivity contribution is -0.121. The average molecular weight is 456 g/mol. The highest BCUT2D eigenvalue weighted by molar-refractivity contribution is 7.90. The van der Waals surface area contributed by atoms with E-state index in [1.54, 1.807) is 48.5 Å². The molecule has 1 unspecified atom stereocenters. The van der Waals surface area contributed by atoms with Crippen LogP contribution in [0.4, 0.5) is 5.69 Å². The van der Waals surface area contributed by atoms with E-state index in [4.69, 9.17) is 4.74 Å². The molecule has 2 heterocycles. The first kappa shape index (κ1) is 22.0. The van der Waals surface area contributed by atoms with Crippen molar-refractivity contribution in [3.63, 3.8) is 0 Å². The van der Waals surface area contributed by atoms with Gasteiger partial charge in [-0.1, -0.05) is 19.1 Å². The van der Waals surface area contributed by atoms with Gasteiger partial charge in [-0.3, -0.25) is 4.79 Å². The molecule has 0 bridgehead atoms. The van der Waals surface area contributed by atoms with E-state index in [2.05, 4.69) is 9.71 Å². The molecule has 2 aliphatic rings. The molecule has 0 spiro atoms. The monoisotopic (exact) mass is 455 g/mol. The first-order valence-electron chi connectivity index (χ1n) is 10.7. The van der Waals surface area contributed by atoms with Crippen LogP contribution < -0.4 is 5.32 Å². The van der Waals surface area contributed by atoms with Gasteiger partial charge in [0.1, 0.15) is 4.90 Å². The van der Waals surface area contributed by atoms with Crippen LogP contribution in [0.1, 0.15) is 42.1 Å². The minimum atomic E-state index is -3.70. The van der Waals surface area contributed by atoms with Gasteiger partial charge in [0.25, 0.3) is 10.0 Å². The van der Waals surface area contributed by atoms with Crippen molar-refractivity contribution in [2.45, 2.75) is 31.1 Å². The fraction of sp³-hybridized carbons (Fsp3) is 0.348. The zero-order chi connectivity index (χ0) is 22.7. The number of sulfonamides is 1. The number of nitrogens with zero attached hydrogens (tertiary/aromatic N) is 2. The van der Waals surface area contributed by atoms with E-state index < -0.39 is 10.0 Å². The van der Waals surface area contributed by atoms with Crippen LogP contribution >= 0.6 is 0 Å². The normalized spacial score (nSPS) is 19.1. The number of amidine groups is 1. The molecule has 168 valence electrons. The van der Waals surface area contributed by atoms with Gasteiger partial charge in [-0.05, 0) is 55.7 Å². The van der Waals surface area contributed by atoms with Crippen molar-refractivity contribution in [3.05, 3.63) is 59.7 Å². The Morgan fingerprint density at radius 2 is 1.91 bits per heavy atom. The number of anilines is 1. The van der Waals surface area contributed by atoms with Gasteiger partial charge in [0.05, 0.1) is 18.1 Å². The minimum Gasteiger partial charge on any atom is -0.462 e. The third-order valence-electron chi connectivity index (χ3n) is 5.53. The summed E-state index contributed by atoms with van der Waals surface area (Å²) < 4.78 is 33.8. The lowest BCUT2D eigenvalue weighted by atomic mass is 9.96. The topological polar surface area (TPSA) is 105 Å². The number of ether oxygens (including phenoxy) is 1. The number of hydrogen-bond acceptors (Lipinski definition) is 6. The number of nitrogens with one attached hydrogen (secondary N) is 1. The van der Waals surface area contributed by atoms with Gasteiger partial charge >= 0.3 is 5.97 Å². The van der Waals surface area contributed by atoms with Crippen molar-refractivity contribution in [1.29, 1.82) is 0 Å². The zero-order valence-electron chi connectivity index (χ0n) is 17.8. The maximum Gasteiger partial charge on any atom is 0.338 e. The largest absolute Gasteiger partial charge is 0.462 e. The second kappa shape index (κ2) is 9.12. The first-order valence-corrected chi connectivity index (χ1v) is 12.1. The maximum absolute atomic E-state index is 12.9. The molecule has 0 aliphatic carbocycles. The third-order valence-corrected chi connectivity index (χ3v) is 6.85. The summed E-state index contributed by atoms with van der Waals surface area (Å²) in [6, 6.07) is 13.3. The summed E-state index contributed by atoms with van der Waals surface area (Å²) in [7, 11) is -3.70. The number of carbonyl (C=O) groups excluding carboxylic acids is 2. The average Bonchev–Trinajstić information content (AvgIpc) is 3.09. The lowest BCUT2D eigenvalue weighted by Crippen LogP contribution is -2.43. The zero-order valence-corrected chi connectivity index (χ0v) is 18.6. The Morgan fingerprint density at radius 3 is 2.66 bits per heavy atom. The van der Waals surface area contributed by atoms with Crippen molar-refractivity contribution in [1.82, 2.24) is 4.90 Å². The van der Waals surface area contributed by atoms with Crippen LogP contribution in [0, 0.1) is 5.92 Å². The van der Waals surface area contributed by atoms with Crippen LogP contribution in [0.25, 0.3) is 0 Å². The van der Waals surface area contributed by atoms with Gasteiger partial charge in [0.2, 0.25) is 5.91 Å². The summed E-state index contributed by atoms with van der Waals surface area (Å²) in [5.41, 5.74) is 1.60. The number of hydrogen-bond donors (Lipinski definition) is 1. The number of amides is 1. The van der Waals surface area contributed by atoms with E-state index in [9.17, 15) is 18.0 Å². The van der Waals surface area contributed by atoms with E-state index in [0.717, 1.165) is 12.8 Å². The molecule has 1 fully saturated rings. The Hall–Kier alpha value is -3.20. The van der Waals surface area contributed by atoms with Crippen molar-refractivity contribution in [2.24, 2.45) is 10.3 Å². The number of benzene rings is 2. The number of carbonyl (C=O) groups is 2. The smallest absolute Gasteiger partial charge is 0.338 e. The number of likely N-dealkylation sites (tertiary alicyclic amines) is 1. The molecule has 1 saturated heterocycles. The van der Waals surface area contributed by atoms with Gasteiger partial charge in [0, 0.05) is 24.3 Å². The van der Waals surface area contributed by atoms with Gasteiger partial charge in [-0.25, -0.2) is 4.79 Å². The van der Waals surface area contributed by atoms with Gasteiger partial charge in [-0.2, -0.15) is 8.42 Å². The van der Waals surface area contributed by atoms with Crippen molar-refractivity contribution in [2.75, 3.05) is 25.0 Å². The molecule has 4 rings (SSSR count). The molecule has 1 atom stereocenters. The van der Waals surface area contributed by atoms with E-state index in [1.165, 1.54) is 0 Å². The Kier molecular flexibility index (Phi) is 6.27. The molecule has 1 amide bonds. The Bertz CT molecular complexity index is 1160. The summed E-state index contributed by atoms with van der Waals surface area (Å²) in [6.45, 7) is 3.32. The quantitative estimate of drug-likeness (QED) is 0.695. The molecule has 2 aromatic carbocycles. The predicted octanol–water partition coefficient (Wildman–Crippen LogP) is 3.05. The van der Waals surface area contributed by atoms with Crippen LogP contribution in [-0.2, 0) is 19.6 Å². The fourth-order valence-corrected chi connectivity index (χ4v) is 5.14. The predicted molar refractivity (Wildman–Crippen MR) is 120 cm³/mol. The number of esters is 1. The molecule has 32 heavy (non-hydrogen) atoms. The lowest BCUT2D eigenvalue weighted by Gasteiger charge is -2.33. The Balaban J connectivity index is 1.42. The standard InChI is InChI=1S/C23H25N3O5S/c1-2-14-31-23(28)16-9-11-18(12-10-16)24-22(27)17-6-5-13-26(15-17)21-19-7-3-4-8-20(19)32(29,30)25-21/h3-4,7-12,17H,2,5-6,13-15H2,1H3,(H,24,27). The molecule has 1 N–H and O–H groups in total. The summed E-state index contributed by atoms with van der Waals surface area (Å²) in [6.07, 6.45) is 2.20. The van der Waals surface area contributed by atoms with Crippen LogP contribution in [0.2, 0.25) is 0 Å². The number of piperidine rings is 1. The SMILES string of the molecule is CCCOC(=O)c1ccc(NC(=O)C2CCCN(C3=NS(=O)(=O)c4ccccc43)C2)cc1. The van der Waals surface area contributed by atoms with Gasteiger partial charge in [0.15, 0.2) is 5.84 Å². The van der Waals surface area contributed by atoms with Crippen LogP contribution in [0.15, 0.2) is 57.8 Å². The summed E-state index contributed by atoms with van der Waals surface area (Å²) in [5.74, 6) is -0.435. The van der Waals surface area contributed by atoms with Crippen LogP contribution in [0.5, 0.6) is 0 Å². The number of fused-ring (bicyclic) bond motifs is 1. The molecule has 0 aromatic heterocycles. The summed E-state index contributed by atoms with van der Waals surface area (Å²) in [5, 5.41) is 2.89. The van der Waals surface area contributed by atoms with Crippen molar-refractivity contribution in [3.8, 4) is 0 Å². The first-order chi connectivity index (χ1) is 15.4. The fourth-order valence-electron chi connectivity index (χ4n) is 3.91. The molecule has 2 aromatic rings. The molecule has 8 nitrogen and oxygen atoms in total. The van der Waals surface area contributed by atoms with Crippen LogP contribution in [-0.4, -0.2) is 50.7 Å². The van der Waals surface area contributed by atoms with E-state index >= 15 is 0 Å². The Morgan fingerprint density at radius 1 is 1.16 bits per heavy atom. The van der Waals surface area contributed by atoms with E-state index in [0.29, 0.717) is 48.8 Å². The Labute approximate surface area is 187 Å². The van der Waals surface area contributed by atoms with Gasteiger partial charge in [-0.15, -0.1) is 4.40 Å². The highest BCUT2D eigenvalue weighted by Crippen LogP contribution is 2.30. The molecule has 9 heteroatoms. The maximum atomic E-state index is 12.9. The van der Waals surface area contributed by atoms with Crippen LogP contribution in [0.3, 0.4) is 0 Å². The molecular weight excluding hydrogens is 430 g/mol. The van der Waals surface area contributed by atoms with E-state index in [1.807, 2.05) is 11.8 Å². The molecule has 0 radical (unpaired) electrons. The second-order valence-electron chi connectivity index (χ2n) is 7.87. The molecule has 0 saturated carbocycles. The van der Waals surface area contributed by atoms with Crippen molar-refractivity contribution < 1.29 is 22.7 Å². The van der Waals surface area contributed by atoms with Gasteiger partial charge < -0.3 is 15.0 Å².